The van der Waals surface area contributed by atoms with Gasteiger partial charge in [-0.3, -0.25) is 10.1 Å². The normalized spacial score (nSPS) is 12.8. The number of hydrogen-bond acceptors (Lipinski definition) is 3. The lowest BCUT2D eigenvalue weighted by Crippen LogP contribution is -2.09. The second kappa shape index (κ2) is 4.04. The van der Waals surface area contributed by atoms with Crippen LogP contribution in [0.1, 0.15) is 31.5 Å². The number of rotatable bonds is 4. The van der Waals surface area contributed by atoms with E-state index in [2.05, 4.69) is 4.98 Å². The van der Waals surface area contributed by atoms with Gasteiger partial charge in [0.2, 0.25) is 0 Å². The van der Waals surface area contributed by atoms with E-state index < -0.39 is 4.92 Å². The maximum Gasteiger partial charge on any atom is 0.287 e. The zero-order valence-electron chi connectivity index (χ0n) is 7.49. The van der Waals surface area contributed by atoms with Gasteiger partial charge in [0, 0.05) is 17.8 Å². The Morgan fingerprint density at radius 3 is 2.92 bits per heavy atom. The third-order valence-electron chi connectivity index (χ3n) is 1.90. The molecule has 5 heteroatoms. The van der Waals surface area contributed by atoms with Crippen LogP contribution < -0.4 is 5.73 Å². The van der Waals surface area contributed by atoms with Crippen LogP contribution >= 0.6 is 0 Å². The van der Waals surface area contributed by atoms with E-state index >= 15 is 0 Å². The molecule has 3 N–H and O–H groups in total. The molecule has 0 aliphatic rings. The van der Waals surface area contributed by atoms with Gasteiger partial charge in [-0.1, -0.05) is 13.3 Å². The Morgan fingerprint density at radius 1 is 1.77 bits per heavy atom. The van der Waals surface area contributed by atoms with Crippen molar-refractivity contribution >= 4 is 5.69 Å². The topological polar surface area (TPSA) is 84.9 Å². The Hall–Kier alpha value is -1.36. The predicted octanol–water partition coefficient (Wildman–Crippen LogP) is 1.72. The van der Waals surface area contributed by atoms with Crippen molar-refractivity contribution in [3.63, 3.8) is 0 Å². The van der Waals surface area contributed by atoms with Crippen LogP contribution in [0.3, 0.4) is 0 Å². The van der Waals surface area contributed by atoms with Gasteiger partial charge in [-0.15, -0.1) is 0 Å². The van der Waals surface area contributed by atoms with Gasteiger partial charge in [-0.2, -0.15) is 0 Å². The lowest BCUT2D eigenvalue weighted by Gasteiger charge is -2.05. The molecule has 0 aromatic carbocycles. The minimum absolute atomic E-state index is 0.0709. The summed E-state index contributed by atoms with van der Waals surface area (Å²) in [5.41, 5.74) is 6.57. The van der Waals surface area contributed by atoms with Crippen LogP contribution in [0, 0.1) is 10.1 Å². The molecule has 1 atom stereocenters. The van der Waals surface area contributed by atoms with Crippen molar-refractivity contribution in [2.45, 2.75) is 25.8 Å². The van der Waals surface area contributed by atoms with Crippen molar-refractivity contribution in [1.82, 2.24) is 4.98 Å². The number of nitro groups is 1. The molecule has 0 saturated heterocycles. The van der Waals surface area contributed by atoms with E-state index in [1.807, 2.05) is 6.92 Å². The minimum Gasteiger partial charge on any atom is -0.358 e. The molecule has 0 aliphatic heterocycles. The van der Waals surface area contributed by atoms with Crippen LogP contribution in [-0.4, -0.2) is 9.91 Å². The number of nitrogens with two attached hydrogens (primary N) is 1. The SMILES string of the molecule is CCC[C@@H](N)c1cc([N+](=O)[O-])c[nH]1. The number of aromatic nitrogens is 1. The maximum absolute atomic E-state index is 10.3. The lowest BCUT2D eigenvalue weighted by molar-refractivity contribution is -0.384. The van der Waals surface area contributed by atoms with E-state index in [-0.39, 0.29) is 11.7 Å². The van der Waals surface area contributed by atoms with Crippen LogP contribution in [0.2, 0.25) is 0 Å². The third kappa shape index (κ3) is 2.29. The Balaban J connectivity index is 2.73. The molecule has 0 spiro atoms. The second-order valence-corrected chi connectivity index (χ2v) is 2.97. The molecule has 0 unspecified atom stereocenters. The molecule has 72 valence electrons. The van der Waals surface area contributed by atoms with E-state index in [9.17, 15) is 10.1 Å². The molecule has 0 saturated carbocycles. The lowest BCUT2D eigenvalue weighted by atomic mass is 10.1. The van der Waals surface area contributed by atoms with E-state index in [1.54, 1.807) is 0 Å². The van der Waals surface area contributed by atoms with Gasteiger partial charge in [0.15, 0.2) is 0 Å². The van der Waals surface area contributed by atoms with E-state index in [0.29, 0.717) is 0 Å². The van der Waals surface area contributed by atoms with Gasteiger partial charge >= 0.3 is 0 Å². The van der Waals surface area contributed by atoms with Crippen LogP contribution in [0.25, 0.3) is 0 Å². The van der Waals surface area contributed by atoms with E-state index in [0.717, 1.165) is 18.5 Å². The van der Waals surface area contributed by atoms with Gasteiger partial charge in [-0.05, 0) is 6.42 Å². The average molecular weight is 183 g/mol. The summed E-state index contributed by atoms with van der Waals surface area (Å²) < 4.78 is 0. The van der Waals surface area contributed by atoms with Crippen molar-refractivity contribution in [2.75, 3.05) is 0 Å². The van der Waals surface area contributed by atoms with Crippen molar-refractivity contribution < 1.29 is 4.92 Å². The first kappa shape index (κ1) is 9.73. The minimum atomic E-state index is -0.432. The summed E-state index contributed by atoms with van der Waals surface area (Å²) in [5, 5.41) is 10.3. The highest BCUT2D eigenvalue weighted by Crippen LogP contribution is 2.19. The molecule has 0 amide bonds. The van der Waals surface area contributed by atoms with Crippen molar-refractivity contribution in [3.8, 4) is 0 Å². The van der Waals surface area contributed by atoms with Gasteiger partial charge in [0.25, 0.3) is 5.69 Å². The number of nitrogens with zero attached hydrogens (tertiary/aromatic N) is 1. The largest absolute Gasteiger partial charge is 0.358 e. The Morgan fingerprint density at radius 2 is 2.46 bits per heavy atom. The highest BCUT2D eigenvalue weighted by atomic mass is 16.6. The Bertz CT molecular complexity index is 295. The predicted molar refractivity (Wildman–Crippen MR) is 49.3 cm³/mol. The van der Waals surface area contributed by atoms with E-state index in [4.69, 9.17) is 5.73 Å². The highest BCUT2D eigenvalue weighted by Gasteiger charge is 2.12. The van der Waals surface area contributed by atoms with Crippen molar-refractivity contribution in [2.24, 2.45) is 5.73 Å². The second-order valence-electron chi connectivity index (χ2n) is 2.97. The summed E-state index contributed by atoms with van der Waals surface area (Å²) >= 11 is 0. The fourth-order valence-corrected chi connectivity index (χ4v) is 1.19. The summed E-state index contributed by atoms with van der Waals surface area (Å²) in [6, 6.07) is 1.36. The molecule has 0 aliphatic carbocycles. The van der Waals surface area contributed by atoms with Gasteiger partial charge in [-0.25, -0.2) is 0 Å². The van der Waals surface area contributed by atoms with Crippen LogP contribution in [-0.2, 0) is 0 Å². The summed E-state index contributed by atoms with van der Waals surface area (Å²) in [5.74, 6) is 0. The third-order valence-corrected chi connectivity index (χ3v) is 1.90. The first-order valence-electron chi connectivity index (χ1n) is 4.23. The Kier molecular flexibility index (Phi) is 3.02. The first-order chi connectivity index (χ1) is 6.15. The van der Waals surface area contributed by atoms with Crippen molar-refractivity contribution in [3.05, 3.63) is 28.1 Å². The molecule has 1 rings (SSSR count). The monoisotopic (exact) mass is 183 g/mol. The van der Waals surface area contributed by atoms with Gasteiger partial charge in [0.1, 0.15) is 0 Å². The fourth-order valence-electron chi connectivity index (χ4n) is 1.19. The molecule has 1 heterocycles. The molecule has 0 bridgehead atoms. The molecular formula is C8H13N3O2. The standard InChI is InChI=1S/C8H13N3O2/c1-2-3-7(9)8-4-6(5-10-8)11(12)13/h4-5,7,10H,2-3,9H2,1H3/t7-/m1/s1. The molecule has 0 fully saturated rings. The number of aromatic amines is 1. The average Bonchev–Trinajstić information content (AvgIpc) is 2.52. The number of hydrogen-bond donors (Lipinski definition) is 2. The molecule has 5 nitrogen and oxygen atoms in total. The first-order valence-corrected chi connectivity index (χ1v) is 4.23. The van der Waals surface area contributed by atoms with E-state index in [1.165, 1.54) is 12.3 Å². The molecular weight excluding hydrogens is 170 g/mol. The summed E-state index contributed by atoms with van der Waals surface area (Å²) in [4.78, 5) is 12.7. The molecule has 1 aromatic heterocycles. The van der Waals surface area contributed by atoms with Crippen LogP contribution in [0.15, 0.2) is 12.3 Å². The quantitative estimate of drug-likeness (QED) is 0.550. The maximum atomic E-state index is 10.3. The Labute approximate surface area is 76.1 Å². The number of nitrogens with one attached hydrogen (secondary N) is 1. The van der Waals surface area contributed by atoms with Gasteiger partial charge < -0.3 is 10.7 Å². The van der Waals surface area contributed by atoms with Crippen molar-refractivity contribution in [1.29, 1.82) is 0 Å². The summed E-state index contributed by atoms with van der Waals surface area (Å²) in [6.45, 7) is 2.03. The molecule has 0 radical (unpaired) electrons. The fraction of sp³-hybridized carbons (Fsp3) is 0.500. The smallest absolute Gasteiger partial charge is 0.287 e. The summed E-state index contributed by atoms with van der Waals surface area (Å²) in [7, 11) is 0. The number of H-pyrrole nitrogens is 1. The summed E-state index contributed by atoms with van der Waals surface area (Å²) in [6.07, 6.45) is 3.16. The highest BCUT2D eigenvalue weighted by molar-refractivity contribution is 5.31. The zero-order chi connectivity index (χ0) is 9.84. The molecule has 1 aromatic rings. The van der Waals surface area contributed by atoms with Crippen LogP contribution in [0.5, 0.6) is 0 Å². The molecule has 13 heavy (non-hydrogen) atoms. The van der Waals surface area contributed by atoms with Gasteiger partial charge in [0.05, 0.1) is 11.1 Å². The van der Waals surface area contributed by atoms with Crippen LogP contribution in [0.4, 0.5) is 5.69 Å². The zero-order valence-corrected chi connectivity index (χ0v) is 7.49.